The minimum atomic E-state index is -1.08. The molecule has 0 aromatic heterocycles. The average molecular weight is 477 g/mol. The van der Waals surface area contributed by atoms with E-state index in [-0.39, 0.29) is 25.0 Å². The molecule has 2 unspecified atom stereocenters. The standard InChI is InChI=1S/C26H40N2O6/c1-7-14-28(24(4,5)6)22(31)20-26-13-12-25(9-3,34-26)19(23(32)33-17-8-2)18(26)21(30)27(20)15-10-11-16-29/h7-8,18-20,29H,1-2,9-17H2,3-6H3/t18-,19+,20?,25-,26?/m0/s1. The Morgan fingerprint density at radius 2 is 1.97 bits per heavy atom. The fourth-order valence-corrected chi connectivity index (χ4v) is 6.19. The summed E-state index contributed by atoms with van der Waals surface area (Å²) in [6.45, 7) is 15.9. The zero-order chi connectivity index (χ0) is 25.3. The molecule has 3 rings (SSSR count). The van der Waals surface area contributed by atoms with E-state index in [1.54, 1.807) is 15.9 Å². The van der Waals surface area contributed by atoms with E-state index in [0.717, 1.165) is 0 Å². The fraction of sp³-hybridized carbons (Fsp3) is 0.731. The number of fused-ring (bicyclic) bond motifs is 1. The molecule has 3 fully saturated rings. The molecule has 34 heavy (non-hydrogen) atoms. The van der Waals surface area contributed by atoms with Gasteiger partial charge in [-0.3, -0.25) is 14.4 Å². The van der Waals surface area contributed by atoms with Crippen molar-refractivity contribution < 1.29 is 29.0 Å². The average Bonchev–Trinajstić information content (AvgIpc) is 3.39. The second kappa shape index (κ2) is 9.82. The molecule has 3 saturated heterocycles. The number of aliphatic hydroxyl groups is 1. The third kappa shape index (κ3) is 4.09. The molecule has 3 aliphatic rings. The van der Waals surface area contributed by atoms with E-state index in [4.69, 9.17) is 9.47 Å². The number of hydrogen-bond acceptors (Lipinski definition) is 6. The summed E-state index contributed by atoms with van der Waals surface area (Å²) in [5.41, 5.74) is -2.40. The lowest BCUT2D eigenvalue weighted by Crippen LogP contribution is -2.60. The summed E-state index contributed by atoms with van der Waals surface area (Å²) in [6.07, 6.45) is 5.92. The third-order valence-corrected chi connectivity index (χ3v) is 7.71. The Labute approximate surface area is 202 Å². The van der Waals surface area contributed by atoms with Crippen LogP contribution in [0.4, 0.5) is 0 Å². The van der Waals surface area contributed by atoms with Gasteiger partial charge in [-0.1, -0.05) is 25.7 Å². The van der Waals surface area contributed by atoms with Crippen LogP contribution in [0.1, 0.15) is 59.8 Å². The molecule has 3 aliphatic heterocycles. The molecule has 0 aromatic carbocycles. The van der Waals surface area contributed by atoms with Crippen LogP contribution >= 0.6 is 0 Å². The monoisotopic (exact) mass is 476 g/mol. The van der Waals surface area contributed by atoms with Crippen LogP contribution < -0.4 is 0 Å². The number of carbonyl (C=O) groups excluding carboxylic acids is 3. The van der Waals surface area contributed by atoms with Crippen LogP contribution in [0.3, 0.4) is 0 Å². The maximum Gasteiger partial charge on any atom is 0.313 e. The highest BCUT2D eigenvalue weighted by Gasteiger charge is 2.79. The number of rotatable bonds is 11. The largest absolute Gasteiger partial charge is 0.461 e. The molecule has 8 nitrogen and oxygen atoms in total. The molecule has 0 radical (unpaired) electrons. The van der Waals surface area contributed by atoms with Gasteiger partial charge in [-0.2, -0.15) is 0 Å². The molecule has 0 aliphatic carbocycles. The molecule has 0 aromatic rings. The van der Waals surface area contributed by atoms with Crippen LogP contribution in [0.15, 0.2) is 25.3 Å². The first-order valence-electron chi connectivity index (χ1n) is 12.4. The summed E-state index contributed by atoms with van der Waals surface area (Å²) >= 11 is 0. The Bertz CT molecular complexity index is 836. The van der Waals surface area contributed by atoms with Crippen LogP contribution in [0.2, 0.25) is 0 Å². The van der Waals surface area contributed by atoms with Gasteiger partial charge in [-0.25, -0.2) is 0 Å². The molecule has 190 valence electrons. The highest BCUT2D eigenvalue weighted by atomic mass is 16.6. The number of carbonyl (C=O) groups is 3. The summed E-state index contributed by atoms with van der Waals surface area (Å²) in [5.74, 6) is -2.44. The van der Waals surface area contributed by atoms with Crippen LogP contribution in [0, 0.1) is 11.8 Å². The van der Waals surface area contributed by atoms with Crippen LogP contribution in [0.25, 0.3) is 0 Å². The van der Waals surface area contributed by atoms with Crippen molar-refractivity contribution in [1.82, 2.24) is 9.80 Å². The van der Waals surface area contributed by atoms with E-state index in [0.29, 0.717) is 45.2 Å². The predicted molar refractivity (Wildman–Crippen MR) is 128 cm³/mol. The number of ether oxygens (including phenoxy) is 2. The molecule has 0 saturated carbocycles. The predicted octanol–water partition coefficient (Wildman–Crippen LogP) is 2.46. The quantitative estimate of drug-likeness (QED) is 0.280. The molecule has 8 heteroatoms. The molecule has 3 heterocycles. The topological polar surface area (TPSA) is 96.4 Å². The van der Waals surface area contributed by atoms with E-state index < -0.39 is 40.6 Å². The Hall–Kier alpha value is -2.19. The maximum atomic E-state index is 14.2. The summed E-state index contributed by atoms with van der Waals surface area (Å²) in [6, 6.07) is -0.839. The van der Waals surface area contributed by atoms with Crippen molar-refractivity contribution in [3.8, 4) is 0 Å². The number of nitrogens with zero attached hydrogens (tertiary/aromatic N) is 2. The number of esters is 1. The van der Waals surface area contributed by atoms with Gasteiger partial charge in [0.1, 0.15) is 24.2 Å². The number of unbranched alkanes of at least 4 members (excludes halogenated alkanes) is 1. The Balaban J connectivity index is 2.09. The van der Waals surface area contributed by atoms with Gasteiger partial charge < -0.3 is 24.4 Å². The van der Waals surface area contributed by atoms with Gasteiger partial charge in [0, 0.05) is 25.2 Å². The molecular weight excluding hydrogens is 436 g/mol. The second-order valence-corrected chi connectivity index (χ2v) is 10.6. The Morgan fingerprint density at radius 3 is 2.53 bits per heavy atom. The number of hydrogen-bond donors (Lipinski definition) is 1. The zero-order valence-corrected chi connectivity index (χ0v) is 21.0. The summed E-state index contributed by atoms with van der Waals surface area (Å²) in [5, 5.41) is 9.29. The van der Waals surface area contributed by atoms with Crippen molar-refractivity contribution in [2.24, 2.45) is 11.8 Å². The van der Waals surface area contributed by atoms with E-state index in [9.17, 15) is 19.5 Å². The van der Waals surface area contributed by atoms with E-state index in [1.807, 2.05) is 27.7 Å². The number of amides is 2. The Kier molecular flexibility index (Phi) is 7.63. The van der Waals surface area contributed by atoms with Gasteiger partial charge in [0.05, 0.1) is 11.5 Å². The van der Waals surface area contributed by atoms with E-state index in [1.165, 1.54) is 6.08 Å². The minimum absolute atomic E-state index is 0.00570. The summed E-state index contributed by atoms with van der Waals surface area (Å²) in [4.78, 5) is 44.6. The second-order valence-electron chi connectivity index (χ2n) is 10.6. The van der Waals surface area contributed by atoms with Crippen molar-refractivity contribution in [3.63, 3.8) is 0 Å². The molecule has 2 bridgehead atoms. The normalized spacial score (nSPS) is 32.0. The minimum Gasteiger partial charge on any atom is -0.461 e. The van der Waals surface area contributed by atoms with Crippen molar-refractivity contribution in [1.29, 1.82) is 0 Å². The first-order valence-corrected chi connectivity index (χ1v) is 12.4. The summed E-state index contributed by atoms with van der Waals surface area (Å²) < 4.78 is 12.1. The van der Waals surface area contributed by atoms with Crippen LogP contribution in [0.5, 0.6) is 0 Å². The zero-order valence-electron chi connectivity index (χ0n) is 21.0. The lowest BCUT2D eigenvalue weighted by molar-refractivity contribution is -0.162. The van der Waals surface area contributed by atoms with Gasteiger partial charge in [-0.05, 0) is 52.9 Å². The fourth-order valence-electron chi connectivity index (χ4n) is 6.19. The van der Waals surface area contributed by atoms with Crippen molar-refractivity contribution in [2.45, 2.75) is 82.6 Å². The van der Waals surface area contributed by atoms with Gasteiger partial charge in [-0.15, -0.1) is 6.58 Å². The van der Waals surface area contributed by atoms with Crippen molar-refractivity contribution in [3.05, 3.63) is 25.3 Å². The lowest BCUT2D eigenvalue weighted by atomic mass is 9.65. The third-order valence-electron chi connectivity index (χ3n) is 7.71. The number of aliphatic hydroxyl groups excluding tert-OH is 1. The summed E-state index contributed by atoms with van der Waals surface area (Å²) in [7, 11) is 0. The highest BCUT2D eigenvalue weighted by molar-refractivity contribution is 5.98. The van der Waals surface area contributed by atoms with E-state index in [2.05, 4.69) is 13.2 Å². The van der Waals surface area contributed by atoms with Crippen LogP contribution in [-0.2, 0) is 23.9 Å². The van der Waals surface area contributed by atoms with E-state index >= 15 is 0 Å². The molecular formula is C26H40N2O6. The van der Waals surface area contributed by atoms with Gasteiger partial charge >= 0.3 is 5.97 Å². The first kappa shape index (κ1) is 26.4. The maximum absolute atomic E-state index is 14.2. The van der Waals surface area contributed by atoms with Crippen molar-refractivity contribution >= 4 is 17.8 Å². The lowest BCUT2D eigenvalue weighted by Gasteiger charge is -2.42. The molecule has 1 N–H and O–H groups in total. The van der Waals surface area contributed by atoms with Crippen molar-refractivity contribution in [2.75, 3.05) is 26.3 Å². The highest BCUT2D eigenvalue weighted by Crippen LogP contribution is 2.64. The van der Waals surface area contributed by atoms with Gasteiger partial charge in [0.15, 0.2) is 0 Å². The van der Waals surface area contributed by atoms with Gasteiger partial charge in [0.25, 0.3) is 0 Å². The van der Waals surface area contributed by atoms with Crippen LogP contribution in [-0.4, -0.2) is 81.8 Å². The smallest absolute Gasteiger partial charge is 0.313 e. The first-order chi connectivity index (χ1) is 16.0. The molecule has 5 atom stereocenters. The SMILES string of the molecule is C=CCOC(=O)[C@H]1[C@H]2C(=O)N(CCCCO)C(C(=O)N(CC=C)C(C)(C)C)C23CC[C@]1(CC)O3. The molecule has 2 amide bonds. The van der Waals surface area contributed by atoms with Gasteiger partial charge in [0.2, 0.25) is 11.8 Å². The Morgan fingerprint density at radius 1 is 1.26 bits per heavy atom. The molecule has 1 spiro atoms. The number of likely N-dealkylation sites (tertiary alicyclic amines) is 1.